The van der Waals surface area contributed by atoms with Gasteiger partial charge in [-0.05, 0) is 30.0 Å². The lowest BCUT2D eigenvalue weighted by atomic mass is 10.1. The Morgan fingerprint density at radius 1 is 1.53 bits per heavy atom. The molecular formula is C12H16Cl2N2O. The summed E-state index contributed by atoms with van der Waals surface area (Å²) >= 11 is 6.10. The van der Waals surface area contributed by atoms with E-state index in [9.17, 15) is 4.79 Å². The van der Waals surface area contributed by atoms with Crippen LogP contribution < -0.4 is 11.1 Å². The van der Waals surface area contributed by atoms with Crippen molar-refractivity contribution in [3.8, 4) is 0 Å². The number of nitrogens with one attached hydrogen (secondary N) is 1. The van der Waals surface area contributed by atoms with Gasteiger partial charge in [-0.3, -0.25) is 4.79 Å². The summed E-state index contributed by atoms with van der Waals surface area (Å²) in [5, 5.41) is 3.78. The molecule has 5 heteroatoms. The molecule has 1 aliphatic rings. The van der Waals surface area contributed by atoms with Gasteiger partial charge in [-0.1, -0.05) is 23.7 Å². The second-order valence-corrected chi connectivity index (χ2v) is 4.41. The van der Waals surface area contributed by atoms with Crippen molar-refractivity contribution < 1.29 is 4.79 Å². The second-order valence-electron chi connectivity index (χ2n) is 4.01. The minimum absolute atomic E-state index is 0. The molecule has 0 heterocycles. The van der Waals surface area contributed by atoms with E-state index in [1.807, 2.05) is 18.2 Å². The first-order valence-electron chi connectivity index (χ1n) is 5.49. The smallest absolute Gasteiger partial charge is 0.221 e. The molecule has 0 saturated carbocycles. The average molecular weight is 275 g/mol. The van der Waals surface area contributed by atoms with Gasteiger partial charge in [-0.25, -0.2) is 0 Å². The van der Waals surface area contributed by atoms with E-state index < -0.39 is 0 Å². The first-order valence-corrected chi connectivity index (χ1v) is 5.87. The Morgan fingerprint density at radius 2 is 2.29 bits per heavy atom. The zero-order valence-corrected chi connectivity index (χ0v) is 11.0. The summed E-state index contributed by atoms with van der Waals surface area (Å²) in [6.07, 6.45) is 2.24. The summed E-state index contributed by atoms with van der Waals surface area (Å²) in [5.74, 6) is 0.0142. The van der Waals surface area contributed by atoms with Crippen LogP contribution in [-0.4, -0.2) is 12.5 Å². The van der Waals surface area contributed by atoms with E-state index in [1.165, 1.54) is 5.56 Å². The summed E-state index contributed by atoms with van der Waals surface area (Å²) in [4.78, 5) is 11.5. The number of halogens is 2. The van der Waals surface area contributed by atoms with Crippen molar-refractivity contribution in [1.29, 1.82) is 0 Å². The monoisotopic (exact) mass is 274 g/mol. The molecule has 3 nitrogen and oxygen atoms in total. The molecule has 1 aliphatic carbocycles. The molecule has 17 heavy (non-hydrogen) atoms. The fourth-order valence-electron chi connectivity index (χ4n) is 2.16. The summed E-state index contributed by atoms with van der Waals surface area (Å²) in [6.45, 7) is 0.390. The van der Waals surface area contributed by atoms with Gasteiger partial charge >= 0.3 is 0 Å². The molecule has 0 bridgehead atoms. The highest BCUT2D eigenvalue weighted by molar-refractivity contribution is 6.31. The lowest BCUT2D eigenvalue weighted by Crippen LogP contribution is -2.28. The minimum Gasteiger partial charge on any atom is -0.349 e. The molecule has 0 aliphatic heterocycles. The fraction of sp³-hybridized carbons (Fsp3) is 0.417. The molecule has 1 amide bonds. The molecule has 0 radical (unpaired) electrons. The van der Waals surface area contributed by atoms with Gasteiger partial charge in [0, 0.05) is 18.0 Å². The van der Waals surface area contributed by atoms with E-state index >= 15 is 0 Å². The van der Waals surface area contributed by atoms with E-state index in [4.69, 9.17) is 17.3 Å². The minimum atomic E-state index is 0. The summed E-state index contributed by atoms with van der Waals surface area (Å²) in [5.41, 5.74) is 7.66. The number of carbonyl (C=O) groups is 1. The highest BCUT2D eigenvalue weighted by Gasteiger charge is 2.24. The Balaban J connectivity index is 0.00000144. The van der Waals surface area contributed by atoms with Crippen LogP contribution in [0.5, 0.6) is 0 Å². The third kappa shape index (κ3) is 3.12. The van der Waals surface area contributed by atoms with E-state index in [0.717, 1.165) is 23.4 Å². The third-order valence-corrected chi connectivity index (χ3v) is 3.27. The van der Waals surface area contributed by atoms with Crippen LogP contribution >= 0.6 is 24.0 Å². The summed E-state index contributed by atoms with van der Waals surface area (Å²) in [6, 6.07) is 5.95. The quantitative estimate of drug-likeness (QED) is 0.888. The molecule has 0 fully saturated rings. The van der Waals surface area contributed by atoms with E-state index in [1.54, 1.807) is 0 Å². The Morgan fingerprint density at radius 3 is 3.00 bits per heavy atom. The summed E-state index contributed by atoms with van der Waals surface area (Å²) in [7, 11) is 0. The van der Waals surface area contributed by atoms with Gasteiger partial charge in [-0.15, -0.1) is 12.4 Å². The summed E-state index contributed by atoms with van der Waals surface area (Å²) < 4.78 is 0. The van der Waals surface area contributed by atoms with Crippen molar-refractivity contribution in [1.82, 2.24) is 5.32 Å². The number of hydrogen-bond donors (Lipinski definition) is 2. The lowest BCUT2D eigenvalue weighted by Gasteiger charge is -2.13. The Bertz CT molecular complexity index is 409. The van der Waals surface area contributed by atoms with Crippen LogP contribution in [0.4, 0.5) is 0 Å². The SMILES string of the molecule is Cl.NCCC(=O)NC1CCc2c(Cl)cccc21. The molecule has 2 rings (SSSR count). The predicted octanol–water partition coefficient (Wildman–Crippen LogP) is 2.21. The number of hydrogen-bond acceptors (Lipinski definition) is 2. The van der Waals surface area contributed by atoms with Crippen molar-refractivity contribution in [2.75, 3.05) is 6.54 Å². The molecule has 1 aromatic carbocycles. The van der Waals surface area contributed by atoms with E-state index in [0.29, 0.717) is 13.0 Å². The van der Waals surface area contributed by atoms with Gasteiger partial charge < -0.3 is 11.1 Å². The number of benzene rings is 1. The highest BCUT2D eigenvalue weighted by Crippen LogP contribution is 2.35. The standard InChI is InChI=1S/C12H15ClN2O.ClH/c13-10-3-1-2-9-8(10)4-5-11(9)15-12(16)6-7-14;/h1-3,11H,4-7,14H2,(H,15,16);1H. The molecule has 94 valence electrons. The van der Waals surface area contributed by atoms with E-state index in [-0.39, 0.29) is 24.4 Å². The zero-order chi connectivity index (χ0) is 11.5. The van der Waals surface area contributed by atoms with Crippen LogP contribution in [0.15, 0.2) is 18.2 Å². The number of rotatable bonds is 3. The van der Waals surface area contributed by atoms with Crippen LogP contribution in [0.3, 0.4) is 0 Å². The van der Waals surface area contributed by atoms with Crippen LogP contribution in [0.25, 0.3) is 0 Å². The first kappa shape index (κ1) is 14.3. The van der Waals surface area contributed by atoms with Gasteiger partial charge in [0.1, 0.15) is 0 Å². The normalized spacial score (nSPS) is 17.2. The molecular weight excluding hydrogens is 259 g/mol. The number of carbonyl (C=O) groups excluding carboxylic acids is 1. The van der Waals surface area contributed by atoms with Crippen molar-refractivity contribution >= 4 is 29.9 Å². The molecule has 0 aromatic heterocycles. The Hall–Kier alpha value is -0.770. The van der Waals surface area contributed by atoms with Crippen LogP contribution in [0, 0.1) is 0 Å². The average Bonchev–Trinajstić information content (AvgIpc) is 2.64. The van der Waals surface area contributed by atoms with Crippen LogP contribution in [0.1, 0.15) is 30.0 Å². The lowest BCUT2D eigenvalue weighted by molar-refractivity contribution is -0.121. The highest BCUT2D eigenvalue weighted by atomic mass is 35.5. The van der Waals surface area contributed by atoms with Crippen molar-refractivity contribution in [2.24, 2.45) is 5.73 Å². The van der Waals surface area contributed by atoms with Crippen molar-refractivity contribution in [2.45, 2.75) is 25.3 Å². The van der Waals surface area contributed by atoms with Gasteiger partial charge in [-0.2, -0.15) is 0 Å². The zero-order valence-electron chi connectivity index (χ0n) is 9.41. The largest absolute Gasteiger partial charge is 0.349 e. The fourth-order valence-corrected chi connectivity index (χ4v) is 2.43. The number of fused-ring (bicyclic) bond motifs is 1. The molecule has 1 atom stereocenters. The Kier molecular flexibility index (Phi) is 5.25. The van der Waals surface area contributed by atoms with Gasteiger partial charge in [0.25, 0.3) is 0 Å². The van der Waals surface area contributed by atoms with Crippen molar-refractivity contribution in [3.63, 3.8) is 0 Å². The van der Waals surface area contributed by atoms with Gasteiger partial charge in [0.05, 0.1) is 6.04 Å². The maximum Gasteiger partial charge on any atom is 0.221 e. The van der Waals surface area contributed by atoms with E-state index in [2.05, 4.69) is 5.32 Å². The molecule has 0 spiro atoms. The first-order chi connectivity index (χ1) is 7.72. The molecule has 3 N–H and O–H groups in total. The van der Waals surface area contributed by atoms with Crippen molar-refractivity contribution in [3.05, 3.63) is 34.3 Å². The number of nitrogens with two attached hydrogens (primary N) is 1. The Labute approximate surface area is 112 Å². The van der Waals surface area contributed by atoms with Gasteiger partial charge in [0.15, 0.2) is 0 Å². The molecule has 1 unspecified atom stereocenters. The molecule has 1 aromatic rings. The second kappa shape index (κ2) is 6.24. The maximum absolute atomic E-state index is 11.5. The van der Waals surface area contributed by atoms with Crippen LogP contribution in [0.2, 0.25) is 5.02 Å². The molecule has 0 saturated heterocycles. The van der Waals surface area contributed by atoms with Gasteiger partial charge in [0.2, 0.25) is 5.91 Å². The van der Waals surface area contributed by atoms with Crippen LogP contribution in [-0.2, 0) is 11.2 Å². The predicted molar refractivity (Wildman–Crippen MR) is 71.6 cm³/mol. The maximum atomic E-state index is 11.5. The topological polar surface area (TPSA) is 55.1 Å². The number of amides is 1. The third-order valence-electron chi connectivity index (χ3n) is 2.92.